The molecule has 1 aromatic carbocycles. The van der Waals surface area contributed by atoms with Crippen molar-refractivity contribution in [1.82, 2.24) is 4.98 Å². The zero-order valence-electron chi connectivity index (χ0n) is 11.9. The first-order chi connectivity index (χ1) is 11.1. The van der Waals surface area contributed by atoms with Crippen LogP contribution in [-0.4, -0.2) is 23.2 Å². The number of nitriles is 1. The Kier molecular flexibility index (Phi) is 3.16. The Morgan fingerprint density at radius 3 is 2.74 bits per heavy atom. The largest absolute Gasteiger partial charge is 0.378 e. The third kappa shape index (κ3) is 2.13. The lowest BCUT2D eigenvalue weighted by molar-refractivity contribution is 0.102. The van der Waals surface area contributed by atoms with E-state index in [0.717, 1.165) is 25.3 Å². The van der Waals surface area contributed by atoms with Crippen molar-refractivity contribution in [3.8, 4) is 6.07 Å². The number of pyridine rings is 1. The summed E-state index contributed by atoms with van der Waals surface area (Å²) in [6.45, 7) is 0. The van der Waals surface area contributed by atoms with Crippen LogP contribution in [-0.2, 0) is 4.74 Å². The summed E-state index contributed by atoms with van der Waals surface area (Å²) in [7, 11) is 0. The van der Waals surface area contributed by atoms with Crippen LogP contribution >= 0.6 is 0 Å². The zero-order chi connectivity index (χ0) is 16.1. The molecule has 2 aliphatic heterocycles. The topological polar surface area (TPSA) is 57.9 Å². The number of aromatic nitrogens is 1. The average Bonchev–Trinajstić information content (AvgIpc) is 3.16. The first-order valence-electron chi connectivity index (χ1n) is 7.36. The number of halogens is 3. The second kappa shape index (κ2) is 5.10. The minimum atomic E-state index is -1.57. The van der Waals surface area contributed by atoms with Crippen molar-refractivity contribution in [2.75, 3.05) is 5.32 Å². The van der Waals surface area contributed by atoms with Gasteiger partial charge in [-0.25, -0.2) is 13.2 Å². The maximum atomic E-state index is 13.9. The van der Waals surface area contributed by atoms with E-state index in [2.05, 4.69) is 10.3 Å². The number of benzene rings is 1. The van der Waals surface area contributed by atoms with Gasteiger partial charge >= 0.3 is 0 Å². The Balaban J connectivity index is 1.85. The molecule has 3 heterocycles. The smallest absolute Gasteiger partial charge is 0.196 e. The monoisotopic (exact) mass is 319 g/mol. The number of anilines is 1. The Morgan fingerprint density at radius 2 is 2.09 bits per heavy atom. The maximum Gasteiger partial charge on any atom is 0.196 e. The SMILES string of the molecule is N#Cc1cnc2c(F)c(F)c(F)cc2c1NC1CC2CCC1O2. The van der Waals surface area contributed by atoms with Crippen molar-refractivity contribution in [3.63, 3.8) is 0 Å². The molecule has 2 fully saturated rings. The lowest BCUT2D eigenvalue weighted by atomic mass is 9.94. The highest BCUT2D eigenvalue weighted by molar-refractivity contribution is 5.94. The van der Waals surface area contributed by atoms with E-state index in [0.29, 0.717) is 0 Å². The van der Waals surface area contributed by atoms with Crippen LogP contribution in [0.2, 0.25) is 0 Å². The Labute approximate surface area is 129 Å². The van der Waals surface area contributed by atoms with Crippen molar-refractivity contribution >= 4 is 16.6 Å². The molecular formula is C16H12F3N3O. The van der Waals surface area contributed by atoms with Gasteiger partial charge in [-0.1, -0.05) is 0 Å². The van der Waals surface area contributed by atoms with E-state index in [1.54, 1.807) is 0 Å². The molecule has 1 aromatic heterocycles. The highest BCUT2D eigenvalue weighted by atomic mass is 19.2. The zero-order valence-corrected chi connectivity index (χ0v) is 11.9. The summed E-state index contributed by atoms with van der Waals surface area (Å²) < 4.78 is 46.7. The molecule has 23 heavy (non-hydrogen) atoms. The molecule has 1 N–H and O–H groups in total. The number of fused-ring (bicyclic) bond motifs is 3. The van der Waals surface area contributed by atoms with Gasteiger partial charge < -0.3 is 10.1 Å². The fourth-order valence-corrected chi connectivity index (χ4v) is 3.46. The van der Waals surface area contributed by atoms with Crippen LogP contribution in [0.1, 0.15) is 24.8 Å². The summed E-state index contributed by atoms with van der Waals surface area (Å²) in [5, 5.41) is 12.5. The van der Waals surface area contributed by atoms with Crippen LogP contribution in [0.4, 0.5) is 18.9 Å². The van der Waals surface area contributed by atoms with Crippen LogP contribution in [0.25, 0.3) is 10.9 Å². The summed E-state index contributed by atoms with van der Waals surface area (Å²) in [6, 6.07) is 2.79. The molecule has 0 spiro atoms. The van der Waals surface area contributed by atoms with E-state index in [1.807, 2.05) is 6.07 Å². The molecule has 2 aliphatic rings. The van der Waals surface area contributed by atoms with Gasteiger partial charge in [0.25, 0.3) is 0 Å². The predicted octanol–water partition coefficient (Wildman–Crippen LogP) is 3.26. The Bertz CT molecular complexity index is 849. The third-order valence-corrected chi connectivity index (χ3v) is 4.55. The van der Waals surface area contributed by atoms with E-state index < -0.39 is 17.5 Å². The molecule has 2 saturated heterocycles. The molecule has 2 bridgehead atoms. The minimum Gasteiger partial charge on any atom is -0.378 e. The second-order valence-corrected chi connectivity index (χ2v) is 5.90. The van der Waals surface area contributed by atoms with Gasteiger partial charge in [0.15, 0.2) is 17.5 Å². The summed E-state index contributed by atoms with van der Waals surface area (Å²) in [5.41, 5.74) is 0.136. The van der Waals surface area contributed by atoms with Crippen LogP contribution < -0.4 is 5.32 Å². The molecule has 118 valence electrons. The lowest BCUT2D eigenvalue weighted by Crippen LogP contribution is -2.31. The molecule has 3 unspecified atom stereocenters. The van der Waals surface area contributed by atoms with Crippen molar-refractivity contribution in [3.05, 3.63) is 35.3 Å². The third-order valence-electron chi connectivity index (χ3n) is 4.55. The van der Waals surface area contributed by atoms with Crippen LogP contribution in [0.3, 0.4) is 0 Å². The number of hydrogen-bond acceptors (Lipinski definition) is 4. The quantitative estimate of drug-likeness (QED) is 0.863. The lowest BCUT2D eigenvalue weighted by Gasteiger charge is -2.23. The van der Waals surface area contributed by atoms with Crippen LogP contribution in [0.5, 0.6) is 0 Å². The molecule has 0 aliphatic carbocycles. The molecule has 0 radical (unpaired) electrons. The van der Waals surface area contributed by atoms with Crippen molar-refractivity contribution in [1.29, 1.82) is 5.26 Å². The van der Waals surface area contributed by atoms with Crippen LogP contribution in [0.15, 0.2) is 12.3 Å². The molecule has 0 saturated carbocycles. The maximum absolute atomic E-state index is 13.9. The number of ether oxygens (including phenoxy) is 1. The predicted molar refractivity (Wildman–Crippen MR) is 76.3 cm³/mol. The molecule has 3 atom stereocenters. The van der Waals surface area contributed by atoms with E-state index in [9.17, 15) is 18.4 Å². The highest BCUT2D eigenvalue weighted by Crippen LogP contribution is 2.38. The van der Waals surface area contributed by atoms with Crippen molar-refractivity contribution < 1.29 is 17.9 Å². The number of rotatable bonds is 2. The van der Waals surface area contributed by atoms with Gasteiger partial charge in [0.2, 0.25) is 0 Å². The number of nitrogens with zero attached hydrogens (tertiary/aromatic N) is 2. The van der Waals surface area contributed by atoms with E-state index >= 15 is 0 Å². The van der Waals surface area contributed by atoms with Gasteiger partial charge in [-0.2, -0.15) is 5.26 Å². The molecule has 7 heteroatoms. The molecule has 4 rings (SSSR count). The van der Waals surface area contributed by atoms with Gasteiger partial charge in [0, 0.05) is 11.6 Å². The molecule has 0 amide bonds. The fraction of sp³-hybridized carbons (Fsp3) is 0.375. The van der Waals surface area contributed by atoms with E-state index in [4.69, 9.17) is 4.74 Å². The fourth-order valence-electron chi connectivity index (χ4n) is 3.46. The normalized spacial score (nSPS) is 25.7. The highest BCUT2D eigenvalue weighted by Gasteiger charge is 2.41. The minimum absolute atomic E-state index is 0.0184. The van der Waals surface area contributed by atoms with Gasteiger partial charge in [-0.05, 0) is 25.3 Å². The van der Waals surface area contributed by atoms with Gasteiger partial charge in [0.1, 0.15) is 11.6 Å². The van der Waals surface area contributed by atoms with E-state index in [-0.39, 0.29) is 40.4 Å². The Morgan fingerprint density at radius 1 is 1.26 bits per heavy atom. The van der Waals surface area contributed by atoms with Crippen molar-refractivity contribution in [2.24, 2.45) is 0 Å². The standard InChI is InChI=1S/C16H12F3N3O/c17-10-4-9-15(22-11-3-8-1-2-12(11)23-8)7(5-20)6-21-16(9)14(19)13(10)18/h4,6,8,11-12H,1-3H2,(H,21,22). The molecular weight excluding hydrogens is 307 g/mol. The molecule has 4 nitrogen and oxygen atoms in total. The summed E-state index contributed by atoms with van der Waals surface area (Å²) >= 11 is 0. The average molecular weight is 319 g/mol. The summed E-state index contributed by atoms with van der Waals surface area (Å²) in [4.78, 5) is 3.76. The molecule has 2 aromatic rings. The number of nitrogens with one attached hydrogen (secondary N) is 1. The summed E-state index contributed by atoms with van der Waals surface area (Å²) in [5.74, 6) is -4.22. The van der Waals surface area contributed by atoms with Gasteiger partial charge in [-0.3, -0.25) is 4.98 Å². The first-order valence-corrected chi connectivity index (χ1v) is 7.36. The first kappa shape index (κ1) is 14.3. The van der Waals surface area contributed by atoms with Crippen LogP contribution in [0, 0.1) is 28.8 Å². The number of hydrogen-bond donors (Lipinski definition) is 1. The van der Waals surface area contributed by atoms with Gasteiger partial charge in [0.05, 0.1) is 29.5 Å². The second-order valence-electron chi connectivity index (χ2n) is 5.90. The summed E-state index contributed by atoms with van der Waals surface area (Å²) in [6.07, 6.45) is 4.04. The van der Waals surface area contributed by atoms with E-state index in [1.165, 1.54) is 6.20 Å². The Hall–Kier alpha value is -2.33. The van der Waals surface area contributed by atoms with Crippen molar-refractivity contribution in [2.45, 2.75) is 37.5 Å². The van der Waals surface area contributed by atoms with Gasteiger partial charge in [-0.15, -0.1) is 0 Å².